The molecule has 0 atom stereocenters. The molecule has 1 amide bonds. The second-order valence-corrected chi connectivity index (χ2v) is 4.28. The predicted octanol–water partition coefficient (Wildman–Crippen LogP) is 2.17. The molecule has 0 unspecified atom stereocenters. The first kappa shape index (κ1) is 13.6. The number of hydrazone groups is 1. The van der Waals surface area contributed by atoms with E-state index < -0.39 is 5.91 Å². The van der Waals surface area contributed by atoms with Crippen LogP contribution in [0, 0.1) is 6.92 Å². The average Bonchev–Trinajstić information content (AvgIpc) is 2.43. The van der Waals surface area contributed by atoms with Crippen molar-refractivity contribution in [2.75, 3.05) is 0 Å². The van der Waals surface area contributed by atoms with Gasteiger partial charge in [-0.15, -0.1) is 0 Å². The topological polar surface area (TPSA) is 81.9 Å². The Hall–Kier alpha value is -2.82. The molecule has 102 valence electrons. The maximum absolute atomic E-state index is 11.8. The summed E-state index contributed by atoms with van der Waals surface area (Å²) in [4.78, 5) is 11.8. The number of carbonyl (C=O) groups is 1. The predicted molar refractivity (Wildman–Crippen MR) is 76.0 cm³/mol. The fraction of sp³-hybridized carbons (Fsp3) is 0.0667. The van der Waals surface area contributed by atoms with Gasteiger partial charge in [0.15, 0.2) is 0 Å². The van der Waals surface area contributed by atoms with Gasteiger partial charge in [-0.05, 0) is 31.2 Å². The Kier molecular flexibility index (Phi) is 4.00. The summed E-state index contributed by atoms with van der Waals surface area (Å²) in [6.45, 7) is 1.89. The Bertz CT molecular complexity index is 666. The normalized spacial score (nSPS) is 10.7. The molecule has 0 saturated heterocycles. The number of phenolic OH excluding ortho intramolecular Hbond substituents is 2. The number of aromatic hydroxyl groups is 2. The Morgan fingerprint density at radius 2 is 1.90 bits per heavy atom. The lowest BCUT2D eigenvalue weighted by atomic mass is 10.1. The van der Waals surface area contributed by atoms with Gasteiger partial charge in [0.1, 0.15) is 11.5 Å². The fourth-order valence-corrected chi connectivity index (χ4v) is 1.66. The minimum Gasteiger partial charge on any atom is -0.507 e. The van der Waals surface area contributed by atoms with Crippen molar-refractivity contribution < 1.29 is 15.0 Å². The van der Waals surface area contributed by atoms with Crippen molar-refractivity contribution >= 4 is 12.1 Å². The lowest BCUT2D eigenvalue weighted by Crippen LogP contribution is -2.17. The first-order chi connectivity index (χ1) is 9.58. The van der Waals surface area contributed by atoms with Crippen molar-refractivity contribution in [1.29, 1.82) is 0 Å². The number of hydrogen-bond donors (Lipinski definition) is 3. The van der Waals surface area contributed by atoms with Gasteiger partial charge >= 0.3 is 0 Å². The zero-order valence-corrected chi connectivity index (χ0v) is 10.9. The van der Waals surface area contributed by atoms with Crippen molar-refractivity contribution in [3.05, 3.63) is 59.2 Å². The van der Waals surface area contributed by atoms with E-state index in [9.17, 15) is 15.0 Å². The van der Waals surface area contributed by atoms with Crippen LogP contribution >= 0.6 is 0 Å². The van der Waals surface area contributed by atoms with E-state index in [0.29, 0.717) is 5.56 Å². The van der Waals surface area contributed by atoms with E-state index in [1.54, 1.807) is 30.3 Å². The Labute approximate surface area is 116 Å². The second kappa shape index (κ2) is 5.88. The number of rotatable bonds is 3. The lowest BCUT2D eigenvalue weighted by Gasteiger charge is -2.03. The smallest absolute Gasteiger partial charge is 0.275 e. The molecule has 0 aliphatic carbocycles. The van der Waals surface area contributed by atoms with Crippen LogP contribution in [0.5, 0.6) is 11.5 Å². The lowest BCUT2D eigenvalue weighted by molar-refractivity contribution is 0.0952. The molecule has 0 aliphatic heterocycles. The van der Waals surface area contributed by atoms with Crippen LogP contribution in [0.1, 0.15) is 21.5 Å². The highest BCUT2D eigenvalue weighted by molar-refractivity contribution is 5.97. The highest BCUT2D eigenvalue weighted by atomic mass is 16.3. The summed E-state index contributed by atoms with van der Waals surface area (Å²) >= 11 is 0. The monoisotopic (exact) mass is 270 g/mol. The SMILES string of the molecule is Cc1ccc(O)c(/C=N/NC(=O)c2ccccc2O)c1. The highest BCUT2D eigenvalue weighted by Gasteiger charge is 2.08. The van der Waals surface area contributed by atoms with Gasteiger partial charge in [-0.2, -0.15) is 5.10 Å². The van der Waals surface area contributed by atoms with Crippen LogP contribution in [0.2, 0.25) is 0 Å². The minimum atomic E-state index is -0.522. The molecule has 20 heavy (non-hydrogen) atoms. The molecule has 0 heterocycles. The number of nitrogens with zero attached hydrogens (tertiary/aromatic N) is 1. The number of para-hydroxylation sites is 1. The Morgan fingerprint density at radius 1 is 1.15 bits per heavy atom. The van der Waals surface area contributed by atoms with Crippen molar-refractivity contribution in [2.24, 2.45) is 5.10 Å². The Balaban J connectivity index is 2.09. The van der Waals surface area contributed by atoms with Gasteiger partial charge < -0.3 is 10.2 Å². The van der Waals surface area contributed by atoms with Crippen molar-refractivity contribution in [2.45, 2.75) is 6.92 Å². The molecule has 2 rings (SSSR count). The van der Waals surface area contributed by atoms with Gasteiger partial charge in [0.25, 0.3) is 5.91 Å². The number of aryl methyl sites for hydroxylation is 1. The molecule has 2 aromatic rings. The zero-order chi connectivity index (χ0) is 14.5. The third-order valence-electron chi connectivity index (χ3n) is 2.70. The number of hydrogen-bond acceptors (Lipinski definition) is 4. The van der Waals surface area contributed by atoms with E-state index in [0.717, 1.165) is 5.56 Å². The molecule has 3 N–H and O–H groups in total. The average molecular weight is 270 g/mol. The summed E-state index contributed by atoms with van der Waals surface area (Å²) in [6, 6.07) is 11.3. The Morgan fingerprint density at radius 3 is 2.65 bits per heavy atom. The summed E-state index contributed by atoms with van der Waals surface area (Å²) in [7, 11) is 0. The fourth-order valence-electron chi connectivity index (χ4n) is 1.66. The second-order valence-electron chi connectivity index (χ2n) is 4.28. The van der Waals surface area contributed by atoms with Crippen molar-refractivity contribution in [3.63, 3.8) is 0 Å². The van der Waals surface area contributed by atoms with Crippen LogP contribution in [0.4, 0.5) is 0 Å². The van der Waals surface area contributed by atoms with Gasteiger partial charge in [-0.25, -0.2) is 5.43 Å². The first-order valence-corrected chi connectivity index (χ1v) is 5.99. The van der Waals surface area contributed by atoms with Gasteiger partial charge in [0, 0.05) is 5.56 Å². The summed E-state index contributed by atoms with van der Waals surface area (Å²) in [5.74, 6) is -0.554. The number of carbonyl (C=O) groups excluding carboxylic acids is 1. The third kappa shape index (κ3) is 3.14. The van der Waals surface area contributed by atoms with E-state index in [4.69, 9.17) is 0 Å². The standard InChI is InChI=1S/C15H14N2O3/c1-10-6-7-13(18)11(8-10)9-16-17-15(20)12-4-2-3-5-14(12)19/h2-9,18-19H,1H3,(H,17,20)/b16-9+. The van der Waals surface area contributed by atoms with Gasteiger partial charge in [0.2, 0.25) is 0 Å². The van der Waals surface area contributed by atoms with E-state index in [2.05, 4.69) is 10.5 Å². The third-order valence-corrected chi connectivity index (χ3v) is 2.70. The van der Waals surface area contributed by atoms with Gasteiger partial charge in [-0.1, -0.05) is 23.8 Å². The number of benzene rings is 2. The summed E-state index contributed by atoms with van der Waals surface area (Å²) in [6.07, 6.45) is 1.35. The van der Waals surface area contributed by atoms with Crippen molar-refractivity contribution in [3.8, 4) is 11.5 Å². The molecule has 0 saturated carbocycles. The van der Waals surface area contributed by atoms with Gasteiger partial charge in [-0.3, -0.25) is 4.79 Å². The summed E-state index contributed by atoms with van der Waals surface area (Å²) in [5.41, 5.74) is 3.90. The maximum Gasteiger partial charge on any atom is 0.275 e. The number of nitrogens with one attached hydrogen (secondary N) is 1. The van der Waals surface area contributed by atoms with E-state index in [1.165, 1.54) is 18.3 Å². The molecular weight excluding hydrogens is 256 g/mol. The largest absolute Gasteiger partial charge is 0.507 e. The molecule has 0 bridgehead atoms. The van der Waals surface area contributed by atoms with E-state index in [1.807, 2.05) is 6.92 Å². The summed E-state index contributed by atoms with van der Waals surface area (Å²) in [5, 5.41) is 22.9. The van der Waals surface area contributed by atoms with Crippen LogP contribution < -0.4 is 5.43 Å². The van der Waals surface area contributed by atoms with Crippen molar-refractivity contribution in [1.82, 2.24) is 5.43 Å². The maximum atomic E-state index is 11.8. The zero-order valence-electron chi connectivity index (χ0n) is 10.9. The molecule has 5 nitrogen and oxygen atoms in total. The molecule has 0 fully saturated rings. The quantitative estimate of drug-likeness (QED) is 0.590. The first-order valence-electron chi connectivity index (χ1n) is 5.99. The summed E-state index contributed by atoms with van der Waals surface area (Å²) < 4.78 is 0. The molecule has 0 spiro atoms. The van der Waals surface area contributed by atoms with Crippen LogP contribution in [-0.2, 0) is 0 Å². The van der Waals surface area contributed by atoms with Gasteiger partial charge in [0.05, 0.1) is 11.8 Å². The van der Waals surface area contributed by atoms with Crippen LogP contribution in [0.25, 0.3) is 0 Å². The van der Waals surface area contributed by atoms with Crippen LogP contribution in [-0.4, -0.2) is 22.3 Å². The van der Waals surface area contributed by atoms with E-state index >= 15 is 0 Å². The molecule has 0 aromatic heterocycles. The minimum absolute atomic E-state index is 0.0798. The van der Waals surface area contributed by atoms with Crippen LogP contribution in [0.15, 0.2) is 47.6 Å². The number of phenols is 2. The molecule has 0 aliphatic rings. The molecule has 2 aromatic carbocycles. The van der Waals surface area contributed by atoms with Crippen LogP contribution in [0.3, 0.4) is 0 Å². The molecule has 0 radical (unpaired) electrons. The number of amides is 1. The molecular formula is C15H14N2O3. The molecule has 5 heteroatoms. The van der Waals surface area contributed by atoms with E-state index in [-0.39, 0.29) is 17.1 Å². The highest BCUT2D eigenvalue weighted by Crippen LogP contribution is 2.16.